The van der Waals surface area contributed by atoms with E-state index in [1.165, 1.54) is 6.07 Å². The third-order valence-electron chi connectivity index (χ3n) is 4.61. The van der Waals surface area contributed by atoms with Gasteiger partial charge in [0.05, 0.1) is 13.2 Å². The van der Waals surface area contributed by atoms with Gasteiger partial charge in [-0.1, -0.05) is 37.3 Å². The van der Waals surface area contributed by atoms with E-state index in [9.17, 15) is 14.7 Å². The van der Waals surface area contributed by atoms with Crippen LogP contribution in [0.15, 0.2) is 40.8 Å². The Kier molecular flexibility index (Phi) is 5.73. The van der Waals surface area contributed by atoms with Gasteiger partial charge in [-0.05, 0) is 12.0 Å². The van der Waals surface area contributed by atoms with Gasteiger partial charge in [-0.25, -0.2) is 4.79 Å². The molecule has 1 aromatic carbocycles. The van der Waals surface area contributed by atoms with Gasteiger partial charge in [-0.3, -0.25) is 4.79 Å². The second-order valence-corrected chi connectivity index (χ2v) is 6.51. The Bertz CT molecular complexity index is 768. The van der Waals surface area contributed by atoms with E-state index in [0.717, 1.165) is 12.0 Å². The Hall–Kier alpha value is -2.60. The summed E-state index contributed by atoms with van der Waals surface area (Å²) in [5.41, 5.74) is 1.19. The second-order valence-electron chi connectivity index (χ2n) is 6.51. The Labute approximate surface area is 152 Å². The number of ether oxygens (including phenoxy) is 1. The second kappa shape index (κ2) is 8.19. The largest absolute Gasteiger partial charge is 0.478 e. The van der Waals surface area contributed by atoms with Gasteiger partial charge in [0.1, 0.15) is 11.3 Å². The SMILES string of the molecule is CCc1oc(C(=O)N2CCC(COCc3ccccc3)C2)cc1C(=O)O. The van der Waals surface area contributed by atoms with Crippen LogP contribution in [0.2, 0.25) is 0 Å². The molecule has 1 atom stereocenters. The standard InChI is InChI=1S/C20H23NO5/c1-2-17-16(20(23)24)10-18(26-17)19(22)21-9-8-15(11-21)13-25-12-14-6-4-3-5-7-14/h3-7,10,15H,2,8-9,11-13H2,1H3,(H,23,24). The number of hydrogen-bond acceptors (Lipinski definition) is 4. The number of carbonyl (C=O) groups excluding carboxylic acids is 1. The van der Waals surface area contributed by atoms with Crippen LogP contribution in [0, 0.1) is 5.92 Å². The minimum atomic E-state index is -1.07. The zero-order valence-corrected chi connectivity index (χ0v) is 14.8. The van der Waals surface area contributed by atoms with Gasteiger partial charge in [-0.15, -0.1) is 0 Å². The Morgan fingerprint density at radius 3 is 2.73 bits per heavy atom. The van der Waals surface area contributed by atoms with Gasteiger partial charge in [-0.2, -0.15) is 0 Å². The van der Waals surface area contributed by atoms with Crippen LogP contribution in [0.25, 0.3) is 0 Å². The molecule has 2 aromatic rings. The van der Waals surface area contributed by atoms with E-state index in [2.05, 4.69) is 0 Å². The van der Waals surface area contributed by atoms with Crippen molar-refractivity contribution in [2.45, 2.75) is 26.4 Å². The number of carboxylic acid groups (broad SMARTS) is 1. The van der Waals surface area contributed by atoms with Gasteiger partial charge in [0, 0.05) is 31.5 Å². The molecule has 1 aliphatic rings. The average molecular weight is 357 g/mol. The zero-order valence-electron chi connectivity index (χ0n) is 14.8. The molecular weight excluding hydrogens is 334 g/mol. The van der Waals surface area contributed by atoms with Crippen LogP contribution in [-0.4, -0.2) is 41.6 Å². The molecule has 26 heavy (non-hydrogen) atoms. The molecule has 1 amide bonds. The van der Waals surface area contributed by atoms with E-state index in [1.807, 2.05) is 30.3 Å². The molecule has 6 heteroatoms. The summed E-state index contributed by atoms with van der Waals surface area (Å²) in [5, 5.41) is 9.19. The summed E-state index contributed by atoms with van der Waals surface area (Å²) in [4.78, 5) is 25.5. The normalized spacial score (nSPS) is 16.8. The predicted octanol–water partition coefficient (Wildman–Crippen LogP) is 3.22. The summed E-state index contributed by atoms with van der Waals surface area (Å²) in [6.07, 6.45) is 1.30. The van der Waals surface area contributed by atoms with Crippen LogP contribution in [-0.2, 0) is 17.8 Å². The molecule has 3 rings (SSSR count). The first-order chi connectivity index (χ1) is 12.6. The number of aryl methyl sites for hydroxylation is 1. The van der Waals surface area contributed by atoms with Crippen molar-refractivity contribution in [3.63, 3.8) is 0 Å². The Morgan fingerprint density at radius 1 is 1.31 bits per heavy atom. The van der Waals surface area contributed by atoms with Crippen molar-refractivity contribution < 1.29 is 23.8 Å². The highest BCUT2D eigenvalue weighted by Gasteiger charge is 2.30. The topological polar surface area (TPSA) is 80.0 Å². The maximum absolute atomic E-state index is 12.6. The maximum atomic E-state index is 12.6. The summed E-state index contributed by atoms with van der Waals surface area (Å²) in [6, 6.07) is 11.3. The van der Waals surface area contributed by atoms with Crippen LogP contribution in [0.5, 0.6) is 0 Å². The molecule has 0 aliphatic carbocycles. The Morgan fingerprint density at radius 2 is 2.08 bits per heavy atom. The first kappa shape index (κ1) is 18.2. The van der Waals surface area contributed by atoms with E-state index >= 15 is 0 Å². The number of likely N-dealkylation sites (tertiary alicyclic amines) is 1. The number of aromatic carboxylic acids is 1. The van der Waals surface area contributed by atoms with E-state index < -0.39 is 5.97 Å². The van der Waals surface area contributed by atoms with Gasteiger partial charge in [0.15, 0.2) is 5.76 Å². The fourth-order valence-electron chi connectivity index (χ4n) is 3.20. The Balaban J connectivity index is 1.53. The molecule has 0 bridgehead atoms. The number of rotatable bonds is 7. The number of amides is 1. The van der Waals surface area contributed by atoms with Gasteiger partial charge >= 0.3 is 5.97 Å². The van der Waals surface area contributed by atoms with Gasteiger partial charge in [0.25, 0.3) is 5.91 Å². The lowest BCUT2D eigenvalue weighted by Crippen LogP contribution is -2.29. The highest BCUT2D eigenvalue weighted by molar-refractivity contribution is 5.96. The fourth-order valence-corrected chi connectivity index (χ4v) is 3.20. The third-order valence-corrected chi connectivity index (χ3v) is 4.61. The predicted molar refractivity (Wildman–Crippen MR) is 95.2 cm³/mol. The maximum Gasteiger partial charge on any atom is 0.339 e. The fraction of sp³-hybridized carbons (Fsp3) is 0.400. The summed E-state index contributed by atoms with van der Waals surface area (Å²) >= 11 is 0. The summed E-state index contributed by atoms with van der Waals surface area (Å²) < 4.78 is 11.2. The van der Waals surface area contributed by atoms with Crippen LogP contribution in [0.1, 0.15) is 45.6 Å². The average Bonchev–Trinajstić information content (AvgIpc) is 3.29. The van der Waals surface area contributed by atoms with Crippen molar-refractivity contribution in [1.29, 1.82) is 0 Å². The quantitative estimate of drug-likeness (QED) is 0.823. The lowest BCUT2D eigenvalue weighted by molar-refractivity contribution is 0.0688. The number of benzene rings is 1. The molecule has 138 valence electrons. The van der Waals surface area contributed by atoms with Crippen molar-refractivity contribution >= 4 is 11.9 Å². The van der Waals surface area contributed by atoms with Gasteiger partial charge in [0.2, 0.25) is 0 Å². The van der Waals surface area contributed by atoms with Crippen molar-refractivity contribution in [2.24, 2.45) is 5.92 Å². The molecule has 1 aromatic heterocycles. The number of nitrogens with zero attached hydrogens (tertiary/aromatic N) is 1. The summed E-state index contributed by atoms with van der Waals surface area (Å²) in [7, 11) is 0. The molecule has 1 unspecified atom stereocenters. The molecule has 2 heterocycles. The number of carbonyl (C=O) groups is 2. The highest BCUT2D eigenvalue weighted by Crippen LogP contribution is 2.23. The van der Waals surface area contributed by atoms with E-state index in [4.69, 9.17) is 9.15 Å². The molecule has 1 fully saturated rings. The monoisotopic (exact) mass is 357 g/mol. The van der Waals surface area contributed by atoms with Crippen LogP contribution in [0.4, 0.5) is 0 Å². The third kappa shape index (κ3) is 4.14. The summed E-state index contributed by atoms with van der Waals surface area (Å²) in [6.45, 7) is 4.18. The highest BCUT2D eigenvalue weighted by atomic mass is 16.5. The number of furan rings is 1. The minimum absolute atomic E-state index is 0.0674. The molecule has 0 spiro atoms. The molecule has 6 nitrogen and oxygen atoms in total. The van der Waals surface area contributed by atoms with Crippen molar-refractivity contribution in [3.05, 3.63) is 59.0 Å². The number of hydrogen-bond donors (Lipinski definition) is 1. The lowest BCUT2D eigenvalue weighted by atomic mass is 10.1. The number of carboxylic acids is 1. The van der Waals surface area contributed by atoms with Crippen molar-refractivity contribution in [3.8, 4) is 0 Å². The molecular formula is C20H23NO5. The van der Waals surface area contributed by atoms with Crippen molar-refractivity contribution in [2.75, 3.05) is 19.7 Å². The summed E-state index contributed by atoms with van der Waals surface area (Å²) in [5.74, 6) is -0.605. The molecule has 1 aliphatic heterocycles. The first-order valence-electron chi connectivity index (χ1n) is 8.85. The lowest BCUT2D eigenvalue weighted by Gasteiger charge is -2.15. The van der Waals surface area contributed by atoms with E-state index in [-0.39, 0.29) is 23.1 Å². The molecule has 1 N–H and O–H groups in total. The zero-order chi connectivity index (χ0) is 18.5. The van der Waals surface area contributed by atoms with Crippen molar-refractivity contribution in [1.82, 2.24) is 4.90 Å². The van der Waals surface area contributed by atoms with Crippen LogP contribution >= 0.6 is 0 Å². The minimum Gasteiger partial charge on any atom is -0.478 e. The van der Waals surface area contributed by atoms with E-state index in [0.29, 0.717) is 38.5 Å². The first-order valence-corrected chi connectivity index (χ1v) is 8.85. The molecule has 0 saturated carbocycles. The van der Waals surface area contributed by atoms with Crippen LogP contribution < -0.4 is 0 Å². The van der Waals surface area contributed by atoms with E-state index in [1.54, 1.807) is 11.8 Å². The molecule has 1 saturated heterocycles. The van der Waals surface area contributed by atoms with Crippen LogP contribution in [0.3, 0.4) is 0 Å². The molecule has 0 radical (unpaired) electrons. The smallest absolute Gasteiger partial charge is 0.339 e. The van der Waals surface area contributed by atoms with Gasteiger partial charge < -0.3 is 19.2 Å².